The van der Waals surface area contributed by atoms with Gasteiger partial charge in [0.05, 0.1) is 0 Å². The molecule has 0 saturated carbocycles. The first kappa shape index (κ1) is 14.7. The van der Waals surface area contributed by atoms with Crippen LogP contribution in [0.5, 0.6) is 0 Å². The summed E-state index contributed by atoms with van der Waals surface area (Å²) in [5, 5.41) is 3.28. The lowest BCUT2D eigenvalue weighted by Crippen LogP contribution is -2.32. The molecule has 0 spiro atoms. The Kier molecular flexibility index (Phi) is 5.80. The van der Waals surface area contributed by atoms with Crippen LogP contribution in [-0.2, 0) is 0 Å². The molecule has 0 bridgehead atoms. The van der Waals surface area contributed by atoms with E-state index in [-0.39, 0.29) is 0 Å². The second-order valence-corrected chi connectivity index (χ2v) is 4.53. The van der Waals surface area contributed by atoms with Crippen molar-refractivity contribution in [3.63, 3.8) is 0 Å². The van der Waals surface area contributed by atoms with E-state index in [9.17, 15) is 0 Å². The number of hydrogen-bond donors (Lipinski definition) is 3. The van der Waals surface area contributed by atoms with Gasteiger partial charge in [0.2, 0.25) is 5.95 Å². The zero-order valence-electron chi connectivity index (χ0n) is 11.7. The van der Waals surface area contributed by atoms with E-state index < -0.39 is 0 Å². The van der Waals surface area contributed by atoms with Gasteiger partial charge in [-0.3, -0.25) is 5.43 Å². The van der Waals surface area contributed by atoms with Crippen molar-refractivity contribution in [3.05, 3.63) is 11.8 Å². The van der Waals surface area contributed by atoms with Crippen LogP contribution in [0.3, 0.4) is 0 Å². The summed E-state index contributed by atoms with van der Waals surface area (Å²) in [6.07, 6.45) is 1.16. The molecule has 1 aromatic heterocycles. The minimum atomic E-state index is 0.438. The van der Waals surface area contributed by atoms with E-state index in [1.165, 1.54) is 0 Å². The van der Waals surface area contributed by atoms with Crippen molar-refractivity contribution >= 4 is 11.8 Å². The summed E-state index contributed by atoms with van der Waals surface area (Å²) in [5.41, 5.74) is 3.35. The quantitative estimate of drug-likeness (QED) is 0.500. The minimum Gasteiger partial charge on any atom is -0.369 e. The van der Waals surface area contributed by atoms with Crippen LogP contribution >= 0.6 is 0 Å². The molecule has 18 heavy (non-hydrogen) atoms. The molecular formula is C12H24N6. The van der Waals surface area contributed by atoms with E-state index in [1.54, 1.807) is 0 Å². The van der Waals surface area contributed by atoms with Crippen LogP contribution in [-0.4, -0.2) is 41.0 Å². The second-order valence-electron chi connectivity index (χ2n) is 4.53. The Morgan fingerprint density at radius 1 is 1.44 bits per heavy atom. The Labute approximate surface area is 109 Å². The number of rotatable bonds is 7. The number of aryl methyl sites for hydroxylation is 1. The van der Waals surface area contributed by atoms with E-state index in [1.807, 2.05) is 13.0 Å². The van der Waals surface area contributed by atoms with E-state index in [0.29, 0.717) is 12.0 Å². The molecule has 0 saturated heterocycles. The maximum Gasteiger partial charge on any atom is 0.239 e. The molecule has 0 amide bonds. The summed E-state index contributed by atoms with van der Waals surface area (Å²) in [7, 11) is 2.13. The highest BCUT2D eigenvalue weighted by atomic mass is 15.3. The normalized spacial score (nSPS) is 12.6. The first-order chi connectivity index (χ1) is 8.56. The Balaban J connectivity index is 2.46. The second kappa shape index (κ2) is 7.13. The molecule has 102 valence electrons. The molecule has 0 fully saturated rings. The van der Waals surface area contributed by atoms with Crippen molar-refractivity contribution in [2.75, 3.05) is 30.9 Å². The van der Waals surface area contributed by atoms with Crippen LogP contribution in [0.4, 0.5) is 11.8 Å². The number of nitrogens with two attached hydrogens (primary N) is 1. The highest BCUT2D eigenvalue weighted by Gasteiger charge is 2.06. The predicted octanol–water partition coefficient (Wildman–Crippen LogP) is 1.21. The molecule has 0 aromatic carbocycles. The molecule has 0 aliphatic heterocycles. The van der Waals surface area contributed by atoms with Gasteiger partial charge >= 0.3 is 0 Å². The van der Waals surface area contributed by atoms with Gasteiger partial charge in [0.15, 0.2) is 0 Å². The SMILES string of the molecule is CCC(C)N(C)CCNc1cc(C)nc(NN)n1. The van der Waals surface area contributed by atoms with E-state index in [0.717, 1.165) is 31.0 Å². The largest absolute Gasteiger partial charge is 0.369 e. The number of hydrazine groups is 1. The van der Waals surface area contributed by atoms with Crippen molar-refractivity contribution < 1.29 is 0 Å². The fraction of sp³-hybridized carbons (Fsp3) is 0.667. The van der Waals surface area contributed by atoms with Gasteiger partial charge < -0.3 is 10.2 Å². The Bertz CT molecular complexity index is 368. The number of nitrogens with zero attached hydrogens (tertiary/aromatic N) is 3. The number of hydrogen-bond acceptors (Lipinski definition) is 6. The minimum absolute atomic E-state index is 0.438. The van der Waals surface area contributed by atoms with E-state index in [4.69, 9.17) is 5.84 Å². The van der Waals surface area contributed by atoms with Gasteiger partial charge in [0, 0.05) is 30.9 Å². The molecule has 1 atom stereocenters. The van der Waals surface area contributed by atoms with Crippen molar-refractivity contribution in [3.8, 4) is 0 Å². The summed E-state index contributed by atoms with van der Waals surface area (Å²) in [6.45, 7) is 8.16. The van der Waals surface area contributed by atoms with Gasteiger partial charge in [0.25, 0.3) is 0 Å². The van der Waals surface area contributed by atoms with E-state index in [2.05, 4.69) is 46.5 Å². The molecule has 6 heteroatoms. The maximum atomic E-state index is 5.31. The van der Waals surface area contributed by atoms with E-state index >= 15 is 0 Å². The Morgan fingerprint density at radius 3 is 2.78 bits per heavy atom. The van der Waals surface area contributed by atoms with Crippen molar-refractivity contribution in [2.45, 2.75) is 33.2 Å². The monoisotopic (exact) mass is 252 g/mol. The van der Waals surface area contributed by atoms with Gasteiger partial charge in [-0.25, -0.2) is 10.8 Å². The van der Waals surface area contributed by atoms with Crippen molar-refractivity contribution in [2.24, 2.45) is 5.84 Å². The van der Waals surface area contributed by atoms with Gasteiger partial charge in [-0.1, -0.05) is 6.92 Å². The summed E-state index contributed by atoms with van der Waals surface area (Å²) in [6, 6.07) is 2.50. The van der Waals surface area contributed by atoms with Crippen LogP contribution in [0.15, 0.2) is 6.07 Å². The lowest BCUT2D eigenvalue weighted by molar-refractivity contribution is 0.261. The van der Waals surface area contributed by atoms with Gasteiger partial charge in [0.1, 0.15) is 5.82 Å². The third-order valence-electron chi connectivity index (χ3n) is 3.10. The Morgan fingerprint density at radius 2 is 2.17 bits per heavy atom. The van der Waals surface area contributed by atoms with Gasteiger partial charge in [-0.15, -0.1) is 0 Å². The molecule has 0 aliphatic rings. The van der Waals surface area contributed by atoms with Crippen LogP contribution in [0.25, 0.3) is 0 Å². The fourth-order valence-corrected chi connectivity index (χ4v) is 1.62. The summed E-state index contributed by atoms with van der Waals surface area (Å²) in [5.74, 6) is 6.55. The third-order valence-corrected chi connectivity index (χ3v) is 3.10. The average molecular weight is 252 g/mol. The zero-order valence-corrected chi connectivity index (χ0v) is 11.7. The van der Waals surface area contributed by atoms with Gasteiger partial charge in [-0.2, -0.15) is 4.98 Å². The van der Waals surface area contributed by atoms with Crippen molar-refractivity contribution in [1.29, 1.82) is 0 Å². The van der Waals surface area contributed by atoms with Gasteiger partial charge in [-0.05, 0) is 27.3 Å². The highest BCUT2D eigenvalue weighted by molar-refractivity contribution is 5.41. The first-order valence-electron chi connectivity index (χ1n) is 6.33. The number of aromatic nitrogens is 2. The number of nitrogens with one attached hydrogen (secondary N) is 2. The molecule has 1 unspecified atom stereocenters. The smallest absolute Gasteiger partial charge is 0.239 e. The summed E-state index contributed by atoms with van der Waals surface area (Å²) in [4.78, 5) is 10.7. The Hall–Kier alpha value is -1.40. The molecule has 6 nitrogen and oxygen atoms in total. The summed E-state index contributed by atoms with van der Waals surface area (Å²) < 4.78 is 0. The third kappa shape index (κ3) is 4.46. The highest BCUT2D eigenvalue weighted by Crippen LogP contribution is 2.08. The average Bonchev–Trinajstić information content (AvgIpc) is 2.36. The first-order valence-corrected chi connectivity index (χ1v) is 6.33. The van der Waals surface area contributed by atoms with Crippen LogP contribution in [0.1, 0.15) is 26.0 Å². The van der Waals surface area contributed by atoms with Crippen molar-refractivity contribution in [1.82, 2.24) is 14.9 Å². The maximum absolute atomic E-state index is 5.31. The molecule has 0 aliphatic carbocycles. The molecular weight excluding hydrogens is 228 g/mol. The predicted molar refractivity (Wildman–Crippen MR) is 75.5 cm³/mol. The number of anilines is 2. The standard InChI is InChI=1S/C12H24N6/c1-5-10(3)18(4)7-6-14-11-8-9(2)15-12(16-11)17-13/h8,10H,5-7,13H2,1-4H3,(H2,14,15,16,17). The van der Waals surface area contributed by atoms with Crippen LogP contribution in [0, 0.1) is 6.92 Å². The van der Waals surface area contributed by atoms with Crippen LogP contribution < -0.4 is 16.6 Å². The lowest BCUT2D eigenvalue weighted by Gasteiger charge is -2.23. The molecule has 1 rings (SSSR count). The van der Waals surface area contributed by atoms with Crippen LogP contribution in [0.2, 0.25) is 0 Å². The lowest BCUT2D eigenvalue weighted by atomic mass is 10.2. The zero-order chi connectivity index (χ0) is 13.5. The fourth-order valence-electron chi connectivity index (χ4n) is 1.62. The number of likely N-dealkylation sites (N-methyl/N-ethyl adjacent to an activating group) is 1. The molecule has 0 radical (unpaired) electrons. The number of nitrogen functional groups attached to an aromatic ring is 1. The summed E-state index contributed by atoms with van der Waals surface area (Å²) >= 11 is 0. The molecule has 4 N–H and O–H groups in total. The molecule has 1 heterocycles. The molecule has 1 aromatic rings. The topological polar surface area (TPSA) is 79.1 Å².